The molecule has 0 spiro atoms. The maximum absolute atomic E-state index is 3.80. The van der Waals surface area contributed by atoms with Crippen molar-refractivity contribution in [3.63, 3.8) is 0 Å². The maximum Gasteiger partial charge on any atom is 0.0149 e. The molecule has 1 N–H and O–H groups in total. The molecule has 0 heterocycles. The van der Waals surface area contributed by atoms with E-state index in [0.29, 0.717) is 5.41 Å². The molecule has 2 fully saturated rings. The second-order valence-electron chi connectivity index (χ2n) is 8.13. The molecule has 1 nitrogen and oxygen atoms in total. The van der Waals surface area contributed by atoms with Gasteiger partial charge in [0, 0.05) is 6.04 Å². The predicted octanol–water partition coefficient (Wildman–Crippen LogP) is 5.40. The van der Waals surface area contributed by atoms with Crippen molar-refractivity contribution in [2.45, 2.75) is 91.0 Å². The summed E-state index contributed by atoms with van der Waals surface area (Å²) in [5, 5.41) is 3.80. The summed E-state index contributed by atoms with van der Waals surface area (Å²) in [5.74, 6) is 2.78. The van der Waals surface area contributed by atoms with E-state index in [2.05, 4.69) is 33.1 Å². The lowest BCUT2D eigenvalue weighted by Crippen LogP contribution is -2.49. The average molecular weight is 280 g/mol. The molecular weight excluding hydrogens is 242 g/mol. The number of rotatable bonds is 6. The molecule has 0 aromatic carbocycles. The molecule has 0 aromatic heterocycles. The molecule has 0 amide bonds. The van der Waals surface area contributed by atoms with E-state index in [-0.39, 0.29) is 0 Å². The summed E-state index contributed by atoms with van der Waals surface area (Å²) in [6.07, 6.45) is 14.6. The molecule has 118 valence electrons. The quantitative estimate of drug-likeness (QED) is 0.686. The third kappa shape index (κ3) is 3.59. The van der Waals surface area contributed by atoms with Gasteiger partial charge in [-0.15, -0.1) is 0 Å². The molecule has 2 aliphatic rings. The summed E-state index contributed by atoms with van der Waals surface area (Å²) >= 11 is 0. The van der Waals surface area contributed by atoms with Crippen molar-refractivity contribution in [3.8, 4) is 0 Å². The predicted molar refractivity (Wildman–Crippen MR) is 88.9 cm³/mol. The Bertz CT molecular complexity index is 277. The first kappa shape index (κ1) is 16.3. The molecule has 0 aromatic rings. The fraction of sp³-hybridized carbons (Fsp3) is 1.00. The van der Waals surface area contributed by atoms with E-state index in [1.54, 1.807) is 0 Å². The Labute approximate surface area is 127 Å². The van der Waals surface area contributed by atoms with Crippen LogP contribution in [0.5, 0.6) is 0 Å². The van der Waals surface area contributed by atoms with Crippen molar-refractivity contribution >= 4 is 0 Å². The summed E-state index contributed by atoms with van der Waals surface area (Å²) in [6, 6.07) is 0.779. The Morgan fingerprint density at radius 1 is 1.10 bits per heavy atom. The van der Waals surface area contributed by atoms with Crippen molar-refractivity contribution in [2.24, 2.45) is 23.2 Å². The Morgan fingerprint density at radius 3 is 2.35 bits per heavy atom. The summed E-state index contributed by atoms with van der Waals surface area (Å²) in [6.45, 7) is 7.23. The van der Waals surface area contributed by atoms with Crippen LogP contribution in [0.25, 0.3) is 0 Å². The van der Waals surface area contributed by atoms with Gasteiger partial charge in [0.25, 0.3) is 0 Å². The third-order valence-corrected chi connectivity index (χ3v) is 6.26. The molecule has 0 saturated heterocycles. The molecule has 3 unspecified atom stereocenters. The van der Waals surface area contributed by atoms with Crippen molar-refractivity contribution in [1.82, 2.24) is 5.32 Å². The molecule has 20 heavy (non-hydrogen) atoms. The van der Waals surface area contributed by atoms with Crippen LogP contribution >= 0.6 is 0 Å². The fourth-order valence-electron chi connectivity index (χ4n) is 5.58. The van der Waals surface area contributed by atoms with Crippen LogP contribution in [0.3, 0.4) is 0 Å². The molecule has 0 bridgehead atoms. The van der Waals surface area contributed by atoms with Crippen LogP contribution in [0.4, 0.5) is 0 Å². The minimum absolute atomic E-state index is 0.614. The molecule has 2 aliphatic carbocycles. The second-order valence-corrected chi connectivity index (χ2v) is 8.13. The van der Waals surface area contributed by atoms with Gasteiger partial charge in [0.15, 0.2) is 0 Å². The highest BCUT2D eigenvalue weighted by Gasteiger charge is 2.44. The van der Waals surface area contributed by atoms with Crippen molar-refractivity contribution in [3.05, 3.63) is 0 Å². The molecule has 0 aliphatic heterocycles. The zero-order chi connectivity index (χ0) is 14.6. The second kappa shape index (κ2) is 7.29. The summed E-state index contributed by atoms with van der Waals surface area (Å²) in [7, 11) is 2.24. The molecule has 3 atom stereocenters. The third-order valence-electron chi connectivity index (χ3n) is 6.26. The van der Waals surface area contributed by atoms with E-state index in [4.69, 9.17) is 0 Å². The number of hydrogen-bond acceptors (Lipinski definition) is 1. The van der Waals surface area contributed by atoms with E-state index in [9.17, 15) is 0 Å². The topological polar surface area (TPSA) is 12.0 Å². The highest BCUT2D eigenvalue weighted by molar-refractivity contribution is 4.99. The van der Waals surface area contributed by atoms with Gasteiger partial charge in [0.05, 0.1) is 0 Å². The van der Waals surface area contributed by atoms with E-state index in [0.717, 1.165) is 23.8 Å². The van der Waals surface area contributed by atoms with Crippen LogP contribution < -0.4 is 5.32 Å². The zero-order valence-corrected chi connectivity index (χ0v) is 14.4. The van der Waals surface area contributed by atoms with E-state index in [1.807, 2.05) is 0 Å². The van der Waals surface area contributed by atoms with Gasteiger partial charge < -0.3 is 5.32 Å². The SMILES string of the molecule is CCC1CCCC(C(NC)C2(CC(C)C)CCCC2)C1. The molecular formula is C19H37N. The molecule has 2 saturated carbocycles. The number of hydrogen-bond donors (Lipinski definition) is 1. The Kier molecular flexibility index (Phi) is 5.95. The minimum Gasteiger partial charge on any atom is -0.316 e. The van der Waals surface area contributed by atoms with Gasteiger partial charge in [0.1, 0.15) is 0 Å². The van der Waals surface area contributed by atoms with E-state index >= 15 is 0 Å². The van der Waals surface area contributed by atoms with Crippen molar-refractivity contribution in [1.29, 1.82) is 0 Å². The molecule has 1 heteroatoms. The van der Waals surface area contributed by atoms with Crippen LogP contribution in [-0.4, -0.2) is 13.1 Å². The normalized spacial score (nSPS) is 31.6. The Morgan fingerprint density at radius 2 is 1.80 bits per heavy atom. The lowest BCUT2D eigenvalue weighted by Gasteiger charge is -2.46. The molecule has 2 rings (SSSR count). The standard InChI is InChI=1S/C19H37N/c1-5-16-9-8-10-17(13-16)18(20-4)19(14-15(2)3)11-6-7-12-19/h15-18,20H,5-14H2,1-4H3. The van der Waals surface area contributed by atoms with Crippen LogP contribution in [0.2, 0.25) is 0 Å². The van der Waals surface area contributed by atoms with Crippen LogP contribution in [0, 0.1) is 23.2 Å². The van der Waals surface area contributed by atoms with Crippen LogP contribution in [0.15, 0.2) is 0 Å². The average Bonchev–Trinajstić information content (AvgIpc) is 2.88. The van der Waals surface area contributed by atoms with Crippen molar-refractivity contribution < 1.29 is 0 Å². The smallest absolute Gasteiger partial charge is 0.0149 e. The van der Waals surface area contributed by atoms with E-state index < -0.39 is 0 Å². The van der Waals surface area contributed by atoms with Gasteiger partial charge in [-0.05, 0) is 62.3 Å². The monoisotopic (exact) mass is 279 g/mol. The van der Waals surface area contributed by atoms with Crippen molar-refractivity contribution in [2.75, 3.05) is 7.05 Å². The van der Waals surface area contributed by atoms with E-state index in [1.165, 1.54) is 64.2 Å². The Hall–Kier alpha value is -0.0400. The first-order valence-electron chi connectivity index (χ1n) is 9.28. The molecule has 0 radical (unpaired) electrons. The van der Waals surface area contributed by atoms with Crippen LogP contribution in [0.1, 0.15) is 85.0 Å². The lowest BCUT2D eigenvalue weighted by molar-refractivity contribution is 0.0824. The van der Waals surface area contributed by atoms with Gasteiger partial charge >= 0.3 is 0 Å². The largest absolute Gasteiger partial charge is 0.316 e. The Balaban J connectivity index is 2.11. The van der Waals surface area contributed by atoms with Crippen LogP contribution in [-0.2, 0) is 0 Å². The maximum atomic E-state index is 3.80. The van der Waals surface area contributed by atoms with Gasteiger partial charge in [0.2, 0.25) is 0 Å². The lowest BCUT2D eigenvalue weighted by atomic mass is 9.64. The first-order chi connectivity index (χ1) is 9.61. The van der Waals surface area contributed by atoms with Gasteiger partial charge in [-0.25, -0.2) is 0 Å². The first-order valence-corrected chi connectivity index (χ1v) is 9.28. The summed E-state index contributed by atoms with van der Waals surface area (Å²) < 4.78 is 0. The fourth-order valence-corrected chi connectivity index (χ4v) is 5.58. The summed E-state index contributed by atoms with van der Waals surface area (Å²) in [4.78, 5) is 0. The highest BCUT2D eigenvalue weighted by Crippen LogP contribution is 2.50. The van der Waals surface area contributed by atoms with Gasteiger partial charge in [-0.2, -0.15) is 0 Å². The number of nitrogens with one attached hydrogen (secondary N) is 1. The summed E-state index contributed by atoms with van der Waals surface area (Å²) in [5.41, 5.74) is 0.614. The zero-order valence-electron chi connectivity index (χ0n) is 14.4. The highest BCUT2D eigenvalue weighted by atomic mass is 14.9. The van der Waals surface area contributed by atoms with Gasteiger partial charge in [-0.3, -0.25) is 0 Å². The van der Waals surface area contributed by atoms with Gasteiger partial charge in [-0.1, -0.05) is 52.9 Å². The minimum atomic E-state index is 0.614.